The fourth-order valence-electron chi connectivity index (χ4n) is 0.783. The van der Waals surface area contributed by atoms with Crippen LogP contribution in [-0.2, 0) is 6.54 Å². The molecule has 0 radical (unpaired) electrons. The Balaban J connectivity index is 2.87. The predicted octanol–water partition coefficient (Wildman–Crippen LogP) is 1.69. The average molecular weight is 132 g/mol. The minimum absolute atomic E-state index is 0.422. The number of benzene rings is 1. The smallest absolute Gasteiger partial charge is 0.239 e. The van der Waals surface area contributed by atoms with Crippen LogP contribution in [0, 0.1) is 6.57 Å². The van der Waals surface area contributed by atoms with Gasteiger partial charge >= 0.3 is 0 Å². The normalized spacial score (nSPS) is 8.70. The van der Waals surface area contributed by atoms with Crippen molar-refractivity contribution in [3.63, 3.8) is 0 Å². The molecule has 10 heavy (non-hydrogen) atoms. The number of nitrogen functional groups attached to an aromatic ring is 1. The highest BCUT2D eigenvalue weighted by Crippen LogP contribution is 2.06. The molecule has 0 bridgehead atoms. The molecule has 0 aliphatic heterocycles. The molecular weight excluding hydrogens is 124 g/mol. The number of rotatable bonds is 1. The van der Waals surface area contributed by atoms with Crippen molar-refractivity contribution in [3.05, 3.63) is 41.2 Å². The van der Waals surface area contributed by atoms with E-state index in [4.69, 9.17) is 12.3 Å². The van der Waals surface area contributed by atoms with E-state index in [2.05, 4.69) is 4.85 Å². The lowest BCUT2D eigenvalue weighted by Crippen LogP contribution is -1.85. The Hall–Kier alpha value is -1.49. The van der Waals surface area contributed by atoms with E-state index < -0.39 is 0 Å². The van der Waals surface area contributed by atoms with Crippen LogP contribution in [0.15, 0.2) is 24.3 Å². The van der Waals surface area contributed by atoms with Crippen molar-refractivity contribution in [3.8, 4) is 0 Å². The fraction of sp³-hybridized carbons (Fsp3) is 0.125. The van der Waals surface area contributed by atoms with E-state index in [1.54, 1.807) is 0 Å². The van der Waals surface area contributed by atoms with Gasteiger partial charge in [-0.1, -0.05) is 12.1 Å². The van der Waals surface area contributed by atoms with Gasteiger partial charge in [0, 0.05) is 11.3 Å². The summed E-state index contributed by atoms with van der Waals surface area (Å²) in [5.74, 6) is 0. The molecule has 1 rings (SSSR count). The maximum Gasteiger partial charge on any atom is 0.239 e. The Labute approximate surface area is 60.1 Å². The van der Waals surface area contributed by atoms with Crippen LogP contribution in [0.3, 0.4) is 0 Å². The molecular formula is C8H8N2. The monoisotopic (exact) mass is 132 g/mol. The standard InChI is InChI=1S/C8H8N2/c1-10-6-7-3-2-4-8(9)5-7/h2-5H,6,9H2. The van der Waals surface area contributed by atoms with Crippen molar-refractivity contribution in [2.24, 2.45) is 0 Å². The minimum atomic E-state index is 0.422. The van der Waals surface area contributed by atoms with Crippen molar-refractivity contribution >= 4 is 5.69 Å². The third kappa shape index (κ3) is 1.49. The maximum absolute atomic E-state index is 6.59. The molecule has 0 amide bonds. The van der Waals surface area contributed by atoms with E-state index in [-0.39, 0.29) is 0 Å². The van der Waals surface area contributed by atoms with Crippen LogP contribution in [0.25, 0.3) is 4.85 Å². The summed E-state index contributed by atoms with van der Waals surface area (Å²) in [5.41, 5.74) is 7.19. The van der Waals surface area contributed by atoms with Crippen molar-refractivity contribution in [2.75, 3.05) is 5.73 Å². The van der Waals surface area contributed by atoms with E-state index in [1.807, 2.05) is 24.3 Å². The fourth-order valence-corrected chi connectivity index (χ4v) is 0.783. The Kier molecular flexibility index (Phi) is 1.91. The lowest BCUT2D eigenvalue weighted by atomic mass is 10.2. The number of hydrogen-bond acceptors (Lipinski definition) is 1. The summed E-state index contributed by atoms with van der Waals surface area (Å²) < 4.78 is 0. The lowest BCUT2D eigenvalue weighted by Gasteiger charge is -1.92. The van der Waals surface area contributed by atoms with Gasteiger partial charge in [-0.3, -0.25) is 0 Å². The van der Waals surface area contributed by atoms with Crippen LogP contribution >= 0.6 is 0 Å². The topological polar surface area (TPSA) is 30.4 Å². The molecule has 2 N–H and O–H groups in total. The van der Waals surface area contributed by atoms with Crippen molar-refractivity contribution in [1.29, 1.82) is 0 Å². The Bertz CT molecular complexity index is 260. The number of nitrogens with zero attached hydrogens (tertiary/aromatic N) is 1. The molecule has 1 aromatic rings. The van der Waals surface area contributed by atoms with Crippen LogP contribution in [-0.4, -0.2) is 0 Å². The molecule has 2 heteroatoms. The zero-order valence-corrected chi connectivity index (χ0v) is 5.54. The number of hydrogen-bond donors (Lipinski definition) is 1. The predicted molar refractivity (Wildman–Crippen MR) is 41.2 cm³/mol. The van der Waals surface area contributed by atoms with Gasteiger partial charge in [-0.15, -0.1) is 0 Å². The number of anilines is 1. The van der Waals surface area contributed by atoms with E-state index in [9.17, 15) is 0 Å². The zero-order valence-electron chi connectivity index (χ0n) is 5.54. The molecule has 0 unspecified atom stereocenters. The Morgan fingerprint density at radius 3 is 2.90 bits per heavy atom. The van der Waals surface area contributed by atoms with Crippen molar-refractivity contribution in [2.45, 2.75) is 6.54 Å². The molecule has 1 aromatic carbocycles. The highest BCUT2D eigenvalue weighted by Gasteiger charge is 1.92. The second-order valence-corrected chi connectivity index (χ2v) is 2.06. The molecule has 0 spiro atoms. The van der Waals surface area contributed by atoms with E-state index >= 15 is 0 Å². The average Bonchev–Trinajstić information content (AvgIpc) is 1.88. The first-order valence-corrected chi connectivity index (χ1v) is 3.00. The van der Waals surface area contributed by atoms with Gasteiger partial charge in [0.15, 0.2) is 0 Å². The van der Waals surface area contributed by atoms with Gasteiger partial charge in [-0.2, -0.15) is 0 Å². The zero-order chi connectivity index (χ0) is 7.40. The summed E-state index contributed by atoms with van der Waals surface area (Å²) in [6.07, 6.45) is 0. The number of nitrogens with two attached hydrogens (primary N) is 1. The third-order valence-electron chi connectivity index (χ3n) is 1.21. The molecule has 2 nitrogen and oxygen atoms in total. The van der Waals surface area contributed by atoms with Crippen molar-refractivity contribution in [1.82, 2.24) is 0 Å². The minimum Gasteiger partial charge on any atom is -0.399 e. The second-order valence-electron chi connectivity index (χ2n) is 2.06. The summed E-state index contributed by atoms with van der Waals surface area (Å²) in [6.45, 7) is 7.02. The summed E-state index contributed by atoms with van der Waals surface area (Å²) in [5, 5.41) is 0. The van der Waals surface area contributed by atoms with Crippen LogP contribution in [0.1, 0.15) is 5.56 Å². The molecule has 0 aromatic heterocycles. The molecule has 0 aliphatic carbocycles. The maximum atomic E-state index is 6.59. The second kappa shape index (κ2) is 2.88. The summed E-state index contributed by atoms with van der Waals surface area (Å²) in [4.78, 5) is 3.24. The van der Waals surface area contributed by atoms with Gasteiger partial charge in [0.05, 0.1) is 0 Å². The highest BCUT2D eigenvalue weighted by atomic mass is 14.6. The largest absolute Gasteiger partial charge is 0.399 e. The lowest BCUT2D eigenvalue weighted by molar-refractivity contribution is 1.27. The first-order valence-electron chi connectivity index (χ1n) is 3.00. The van der Waals surface area contributed by atoms with Crippen LogP contribution in [0.4, 0.5) is 5.69 Å². The Morgan fingerprint density at radius 1 is 1.50 bits per heavy atom. The van der Waals surface area contributed by atoms with Gasteiger partial charge in [-0.05, 0) is 12.1 Å². The quantitative estimate of drug-likeness (QED) is 0.457. The van der Waals surface area contributed by atoms with E-state index in [1.165, 1.54) is 0 Å². The third-order valence-corrected chi connectivity index (χ3v) is 1.21. The van der Waals surface area contributed by atoms with Crippen LogP contribution < -0.4 is 5.73 Å². The Morgan fingerprint density at radius 2 is 2.30 bits per heavy atom. The van der Waals surface area contributed by atoms with Crippen molar-refractivity contribution < 1.29 is 0 Å². The molecule has 50 valence electrons. The molecule has 0 atom stereocenters. The molecule has 0 heterocycles. The SMILES string of the molecule is [C-]#[N+]Cc1cccc(N)c1. The van der Waals surface area contributed by atoms with Gasteiger partial charge in [0.25, 0.3) is 0 Å². The first-order chi connectivity index (χ1) is 4.83. The van der Waals surface area contributed by atoms with Gasteiger partial charge in [0.2, 0.25) is 6.54 Å². The van der Waals surface area contributed by atoms with Crippen LogP contribution in [0.5, 0.6) is 0 Å². The van der Waals surface area contributed by atoms with Gasteiger partial charge in [0.1, 0.15) is 0 Å². The molecule has 0 saturated heterocycles. The van der Waals surface area contributed by atoms with E-state index in [0.29, 0.717) is 6.54 Å². The van der Waals surface area contributed by atoms with Gasteiger partial charge in [-0.25, -0.2) is 6.57 Å². The molecule has 0 aliphatic rings. The van der Waals surface area contributed by atoms with Crippen LogP contribution in [0.2, 0.25) is 0 Å². The van der Waals surface area contributed by atoms with E-state index in [0.717, 1.165) is 11.3 Å². The highest BCUT2D eigenvalue weighted by molar-refractivity contribution is 5.40. The summed E-state index contributed by atoms with van der Waals surface area (Å²) >= 11 is 0. The summed E-state index contributed by atoms with van der Waals surface area (Å²) in [6, 6.07) is 7.38. The van der Waals surface area contributed by atoms with Gasteiger partial charge < -0.3 is 10.6 Å². The first kappa shape index (κ1) is 6.63. The molecule has 0 fully saturated rings. The molecule has 0 saturated carbocycles. The summed E-state index contributed by atoms with van der Waals surface area (Å²) in [7, 11) is 0.